The van der Waals surface area contributed by atoms with Crippen molar-refractivity contribution in [3.05, 3.63) is 175 Å². The number of para-hydroxylation sites is 1. The van der Waals surface area contributed by atoms with E-state index in [4.69, 9.17) is 58.4 Å². The Hall–Kier alpha value is -9.84. The van der Waals surface area contributed by atoms with Crippen LogP contribution in [0.2, 0.25) is 0 Å². The molecule has 382 valence electrons. The van der Waals surface area contributed by atoms with Gasteiger partial charge in [0.1, 0.15) is 34.5 Å². The van der Waals surface area contributed by atoms with Gasteiger partial charge in [0, 0.05) is 35.1 Å². The molecule has 72 heavy (non-hydrogen) atoms. The molecule has 0 bridgehead atoms. The molecule has 0 aliphatic carbocycles. The lowest BCUT2D eigenvalue weighted by Crippen LogP contribution is -2.13. The third kappa shape index (κ3) is 19.4. The molecule has 6 aromatic carbocycles. The number of anilines is 5. The highest BCUT2D eigenvalue weighted by atomic mass is 19.4. The highest BCUT2D eigenvalue weighted by Gasteiger charge is 2.38. The second-order valence-electron chi connectivity index (χ2n) is 13.2. The van der Waals surface area contributed by atoms with Crippen LogP contribution in [0.5, 0.6) is 17.2 Å². The number of hydrogen-bond donors (Lipinski definition) is 7. The van der Waals surface area contributed by atoms with Crippen LogP contribution in [-0.2, 0) is 6.18 Å². The van der Waals surface area contributed by atoms with Gasteiger partial charge >= 0.3 is 18.1 Å². The number of benzene rings is 6. The van der Waals surface area contributed by atoms with Crippen LogP contribution in [0.15, 0.2) is 121 Å². The van der Waals surface area contributed by atoms with E-state index in [1.807, 2.05) is 0 Å². The molecule has 0 aliphatic heterocycles. The number of nitro benzene ring substituents is 2. The van der Waals surface area contributed by atoms with Gasteiger partial charge in [0.05, 0.1) is 60.2 Å². The molecule has 0 spiro atoms. The third-order valence-corrected chi connectivity index (χ3v) is 8.48. The Bertz CT molecular complexity index is 2830. The number of nitro groups is 2. The lowest BCUT2D eigenvalue weighted by Gasteiger charge is -2.08. The van der Waals surface area contributed by atoms with Crippen molar-refractivity contribution in [1.82, 2.24) is 0 Å². The maximum atomic E-state index is 12.5. The molecule has 12 N–H and O–H groups in total. The number of carboxylic acids is 2. The molecule has 0 amide bonds. The summed E-state index contributed by atoms with van der Waals surface area (Å²) in [5.74, 6) is -1.44. The molecular weight excluding hydrogens is 973 g/mol. The molecule has 6 aromatic rings. The van der Waals surface area contributed by atoms with Gasteiger partial charge in [-0.3, -0.25) is 25.0 Å². The topological polar surface area (TPSA) is 363 Å². The number of aromatic carboxylic acids is 2. The van der Waals surface area contributed by atoms with Crippen molar-refractivity contribution in [3.63, 3.8) is 0 Å². The van der Waals surface area contributed by atoms with Crippen LogP contribution in [0.25, 0.3) is 0 Å². The molecule has 0 radical (unpaired) electrons. The normalized spacial score (nSPS) is 9.74. The Kier molecular flexibility index (Phi) is 24.4. The number of ketones is 1. The summed E-state index contributed by atoms with van der Waals surface area (Å²) in [5, 5.41) is 45.1. The van der Waals surface area contributed by atoms with E-state index in [1.54, 1.807) is 49.6 Å². The van der Waals surface area contributed by atoms with Crippen LogP contribution in [0.3, 0.4) is 0 Å². The number of nitrogens with two attached hydrogens (primary N) is 5. The molecule has 27 heteroatoms. The van der Waals surface area contributed by atoms with Crippen LogP contribution in [0, 0.1) is 37.4 Å². The van der Waals surface area contributed by atoms with Crippen molar-refractivity contribution < 1.29 is 75.2 Å². The number of methoxy groups -OCH3 is 3. The fourth-order valence-corrected chi connectivity index (χ4v) is 4.95. The zero-order valence-corrected chi connectivity index (χ0v) is 37.7. The number of hydrogen-bond acceptors (Lipinski definition) is 17. The minimum Gasteiger partial charge on any atom is -0.495 e. The van der Waals surface area contributed by atoms with E-state index < -0.39 is 50.4 Å². The van der Waals surface area contributed by atoms with Crippen molar-refractivity contribution in [3.8, 4) is 23.3 Å². The predicted molar refractivity (Wildman–Crippen MR) is 251 cm³/mol. The summed E-state index contributed by atoms with van der Waals surface area (Å²) in [6.07, 6.45) is -4.77. The number of carbonyl (C=O) groups is 3. The zero-order chi connectivity index (χ0) is 54.9. The number of alkyl halides is 3. The molecule has 21 nitrogen and oxygen atoms in total. The van der Waals surface area contributed by atoms with Gasteiger partial charge in [-0.15, -0.1) is 0 Å². The fourth-order valence-electron chi connectivity index (χ4n) is 4.95. The van der Waals surface area contributed by atoms with Gasteiger partial charge in [-0.05, 0) is 84.2 Å². The summed E-state index contributed by atoms with van der Waals surface area (Å²) in [6, 6.07) is 28.2. The lowest BCUT2D eigenvalue weighted by molar-refractivity contribution is -0.388. The largest absolute Gasteiger partial charge is 0.495 e. The standard InChI is InChI=1S/C10H13NO3.C8H9NO3.C7H5F3N2O2.C7H5FN2.C7H6N2O4.C6H5F2N/c1-13-9-4-3-7(8(12)6-11)5-10(9)14-2;1-12-7-4-5(8(10)11)2-3-6(7)9;8-7(9,10)5-3-4(11)1-2-6(5)12(13)14;8-6-2-1-3-7(10)5(6)4-9;8-6-2-1-4(9(12)13)3-5(6)7(10)11;7-9(8)6-4-2-1-3-5-6/h3-5H,6,11H2,1-2H3;2-4H,9H2,1H3,(H,10,11);1-3H,11H2;1-3H,10H2;1-3H,8H2,(H,10,11);1-5H. The van der Waals surface area contributed by atoms with E-state index in [0.717, 1.165) is 24.3 Å². The van der Waals surface area contributed by atoms with E-state index in [9.17, 15) is 61.1 Å². The summed E-state index contributed by atoms with van der Waals surface area (Å²) in [5.41, 5.74) is 24.5. The van der Waals surface area contributed by atoms with Crippen molar-refractivity contribution in [2.45, 2.75) is 6.18 Å². The maximum absolute atomic E-state index is 12.5. The Morgan fingerprint density at radius 2 is 1.25 bits per heavy atom. The number of Topliss-reactive ketones (excluding diaryl/α,β-unsaturated/α-hetero) is 1. The fraction of sp³-hybridized carbons (Fsp3) is 0.111. The summed E-state index contributed by atoms with van der Waals surface area (Å²) in [7, 11) is 4.51. The molecule has 0 unspecified atom stereocenters. The third-order valence-electron chi connectivity index (χ3n) is 8.48. The maximum Gasteiger partial charge on any atom is 0.423 e. The summed E-state index contributed by atoms with van der Waals surface area (Å²) in [4.78, 5) is 51.0. The van der Waals surface area contributed by atoms with Crippen LogP contribution >= 0.6 is 0 Å². The van der Waals surface area contributed by atoms with Gasteiger partial charge in [-0.1, -0.05) is 33.2 Å². The number of carboxylic acid groups (broad SMARTS) is 2. The Morgan fingerprint density at radius 3 is 1.69 bits per heavy atom. The number of rotatable bonds is 10. The SMILES string of the molecule is COc1cc(C(=O)O)ccc1N.COc1ccc(C(=O)CN)cc1OC.FN(F)c1ccccc1.N#Cc1c(N)cccc1F.Nc1ccc([N+](=O)[O-])c(C(F)(F)F)c1.Nc1ccc([N+](=O)[O-])cc1C(=O)O. The minimum atomic E-state index is -4.77. The Labute approximate surface area is 403 Å². The Morgan fingerprint density at radius 1 is 0.681 bits per heavy atom. The minimum absolute atomic E-state index is 0.00448. The number of nitrogen functional groups attached to an aromatic ring is 4. The second kappa shape index (κ2) is 29.1. The molecule has 0 aromatic heterocycles. The van der Waals surface area contributed by atoms with Gasteiger partial charge in [0.2, 0.25) is 0 Å². The summed E-state index contributed by atoms with van der Waals surface area (Å²) in [6.45, 7) is -0.00448. The first kappa shape index (κ1) is 60.2. The molecule has 0 fully saturated rings. The molecule has 0 heterocycles. The molecule has 0 aliphatic rings. The molecule has 0 saturated heterocycles. The van der Waals surface area contributed by atoms with E-state index in [0.29, 0.717) is 34.6 Å². The summed E-state index contributed by atoms with van der Waals surface area (Å²) >= 11 is 0. The Balaban J connectivity index is 0.000000435. The first-order valence-corrected chi connectivity index (χ1v) is 19.4. The molecule has 6 rings (SSSR count). The lowest BCUT2D eigenvalue weighted by atomic mass is 10.1. The average molecular weight is 1020 g/mol. The highest BCUT2D eigenvalue weighted by molar-refractivity contribution is 5.98. The van der Waals surface area contributed by atoms with Crippen LogP contribution in [-0.4, -0.2) is 65.7 Å². The zero-order valence-electron chi connectivity index (χ0n) is 37.7. The van der Waals surface area contributed by atoms with Gasteiger partial charge < -0.3 is 53.1 Å². The number of nitrogens with zero attached hydrogens (tertiary/aromatic N) is 4. The van der Waals surface area contributed by atoms with Crippen LogP contribution in [0.1, 0.15) is 42.2 Å². The van der Waals surface area contributed by atoms with Gasteiger partial charge in [-0.25, -0.2) is 14.0 Å². The van der Waals surface area contributed by atoms with E-state index >= 15 is 0 Å². The highest BCUT2D eigenvalue weighted by Crippen LogP contribution is 2.37. The van der Waals surface area contributed by atoms with Crippen molar-refractivity contribution in [2.75, 3.05) is 56.2 Å². The number of ether oxygens (including phenoxy) is 3. The average Bonchev–Trinajstić information content (AvgIpc) is 3.34. The predicted octanol–water partition coefficient (Wildman–Crippen LogP) is 8.43. The van der Waals surface area contributed by atoms with Crippen molar-refractivity contribution >= 4 is 57.5 Å². The molecular formula is C45H43F6N9O12. The van der Waals surface area contributed by atoms with Gasteiger partial charge in [0.25, 0.3) is 11.4 Å². The quantitative estimate of drug-likeness (QED) is 0.0169. The number of non-ortho nitro benzene ring substituents is 1. The van der Waals surface area contributed by atoms with Crippen LogP contribution < -0.4 is 48.2 Å². The number of nitriles is 1. The number of halogens is 6. The smallest absolute Gasteiger partial charge is 0.423 e. The monoisotopic (exact) mass is 1020 g/mol. The molecule has 0 saturated carbocycles. The van der Waals surface area contributed by atoms with E-state index in [1.165, 1.54) is 68.8 Å². The molecule has 0 atom stereocenters. The first-order valence-electron chi connectivity index (χ1n) is 19.4. The number of carbonyl (C=O) groups excluding carboxylic acids is 1. The summed E-state index contributed by atoms with van der Waals surface area (Å²) < 4.78 is 87.4. The van der Waals surface area contributed by atoms with Gasteiger partial charge in [0.15, 0.2) is 17.3 Å². The van der Waals surface area contributed by atoms with Crippen molar-refractivity contribution in [2.24, 2.45) is 5.73 Å². The van der Waals surface area contributed by atoms with E-state index in [2.05, 4.69) is 0 Å². The first-order chi connectivity index (χ1) is 33.8. The van der Waals surface area contributed by atoms with Crippen molar-refractivity contribution in [1.29, 1.82) is 5.26 Å². The second-order valence-corrected chi connectivity index (χ2v) is 13.2. The van der Waals surface area contributed by atoms with Crippen LogP contribution in [0.4, 0.5) is 66.3 Å². The van der Waals surface area contributed by atoms with Gasteiger partial charge in [-0.2, -0.15) is 18.4 Å². The van der Waals surface area contributed by atoms with E-state index in [-0.39, 0.29) is 57.5 Å².